The maximum Gasteiger partial charge on any atom is 0.248 e. The third-order valence-corrected chi connectivity index (χ3v) is 4.17. The van der Waals surface area contributed by atoms with E-state index in [1.165, 1.54) is 12.1 Å². The van der Waals surface area contributed by atoms with Crippen LogP contribution in [-0.4, -0.2) is 10.9 Å². The summed E-state index contributed by atoms with van der Waals surface area (Å²) in [6.45, 7) is 1.98. The van der Waals surface area contributed by atoms with Crippen LogP contribution in [0.15, 0.2) is 67.0 Å². The van der Waals surface area contributed by atoms with Gasteiger partial charge in [0.1, 0.15) is 5.82 Å². The molecule has 1 amide bonds. The van der Waals surface area contributed by atoms with E-state index >= 15 is 0 Å². The highest BCUT2D eigenvalue weighted by Gasteiger charge is 2.17. The Hall–Kier alpha value is -3.01. The summed E-state index contributed by atoms with van der Waals surface area (Å²) < 4.78 is 13.2. The van der Waals surface area contributed by atoms with Gasteiger partial charge in [-0.2, -0.15) is 0 Å². The number of amides is 1. The summed E-state index contributed by atoms with van der Waals surface area (Å²) in [7, 11) is 0. The van der Waals surface area contributed by atoms with E-state index < -0.39 is 5.91 Å². The lowest BCUT2D eigenvalue weighted by molar-refractivity contribution is 0.0999. The molecule has 3 nitrogen and oxygen atoms in total. The van der Waals surface area contributed by atoms with Crippen molar-refractivity contribution in [3.05, 3.63) is 89.5 Å². The molecule has 0 fully saturated rings. The normalized spacial score (nSPS) is 11.9. The van der Waals surface area contributed by atoms with E-state index in [9.17, 15) is 9.18 Å². The molecule has 2 aromatic carbocycles. The first-order valence-corrected chi connectivity index (χ1v) is 7.66. The molecule has 1 atom stereocenters. The molecule has 0 bridgehead atoms. The number of pyridine rings is 1. The van der Waals surface area contributed by atoms with Gasteiger partial charge in [0.25, 0.3) is 0 Å². The number of carbonyl (C=O) groups is 1. The second kappa shape index (κ2) is 6.62. The van der Waals surface area contributed by atoms with E-state index in [2.05, 4.69) is 4.98 Å². The van der Waals surface area contributed by atoms with Gasteiger partial charge in [-0.3, -0.25) is 9.78 Å². The van der Waals surface area contributed by atoms with Crippen LogP contribution in [0.1, 0.15) is 34.3 Å². The Morgan fingerprint density at radius 3 is 2.29 bits per heavy atom. The van der Waals surface area contributed by atoms with Crippen molar-refractivity contribution < 1.29 is 9.18 Å². The van der Waals surface area contributed by atoms with Crippen molar-refractivity contribution >= 4 is 5.91 Å². The number of halogens is 1. The zero-order valence-electron chi connectivity index (χ0n) is 13.2. The van der Waals surface area contributed by atoms with Crippen LogP contribution in [-0.2, 0) is 0 Å². The number of primary amides is 1. The molecule has 0 aliphatic heterocycles. The standard InChI is InChI=1S/C20H17FN2O/c1-13(14-2-5-17(21)6-3-14)19-12-16(4-7-18(19)20(22)24)15-8-10-23-11-9-15/h2-13H,1H3,(H2,22,24)/t13-/m0/s1. The first-order chi connectivity index (χ1) is 11.6. The zero-order chi connectivity index (χ0) is 17.1. The van der Waals surface area contributed by atoms with Crippen LogP contribution in [0.3, 0.4) is 0 Å². The Labute approximate surface area is 140 Å². The summed E-state index contributed by atoms with van der Waals surface area (Å²) in [5, 5.41) is 0. The molecule has 1 heterocycles. The van der Waals surface area contributed by atoms with Crippen LogP contribution < -0.4 is 5.73 Å². The van der Waals surface area contributed by atoms with Crippen LogP contribution in [0.25, 0.3) is 11.1 Å². The lowest BCUT2D eigenvalue weighted by atomic mass is 9.87. The highest BCUT2D eigenvalue weighted by molar-refractivity contribution is 5.95. The first-order valence-electron chi connectivity index (χ1n) is 7.66. The minimum atomic E-state index is -0.472. The maximum atomic E-state index is 13.2. The van der Waals surface area contributed by atoms with Crippen molar-refractivity contribution in [1.82, 2.24) is 4.98 Å². The second-order valence-corrected chi connectivity index (χ2v) is 5.68. The third-order valence-electron chi connectivity index (χ3n) is 4.17. The number of nitrogens with zero attached hydrogens (tertiary/aromatic N) is 1. The van der Waals surface area contributed by atoms with Gasteiger partial charge >= 0.3 is 0 Å². The second-order valence-electron chi connectivity index (χ2n) is 5.68. The molecule has 0 saturated heterocycles. The summed E-state index contributed by atoms with van der Waals surface area (Å²) >= 11 is 0. The lowest BCUT2D eigenvalue weighted by Gasteiger charge is -2.17. The quantitative estimate of drug-likeness (QED) is 0.785. The van der Waals surface area contributed by atoms with Gasteiger partial charge in [-0.25, -0.2) is 4.39 Å². The SMILES string of the molecule is C[C@@H](c1ccc(F)cc1)c1cc(-c2ccncc2)ccc1C(N)=O. The van der Waals surface area contributed by atoms with Crippen molar-refractivity contribution in [1.29, 1.82) is 0 Å². The summed E-state index contributed by atoms with van der Waals surface area (Å²) in [5.41, 5.74) is 9.74. The highest BCUT2D eigenvalue weighted by atomic mass is 19.1. The molecular weight excluding hydrogens is 303 g/mol. The number of aromatic nitrogens is 1. The highest BCUT2D eigenvalue weighted by Crippen LogP contribution is 2.31. The number of carbonyl (C=O) groups excluding carboxylic acids is 1. The third kappa shape index (κ3) is 3.18. The van der Waals surface area contributed by atoms with Crippen LogP contribution in [0.2, 0.25) is 0 Å². The Morgan fingerprint density at radius 1 is 1.00 bits per heavy atom. The fourth-order valence-electron chi connectivity index (χ4n) is 2.80. The van der Waals surface area contributed by atoms with Gasteiger partial charge in [0.05, 0.1) is 0 Å². The largest absolute Gasteiger partial charge is 0.366 e. The molecule has 3 aromatic rings. The molecule has 0 aliphatic carbocycles. The van der Waals surface area contributed by atoms with Gasteiger partial charge in [0.2, 0.25) is 5.91 Å². The average molecular weight is 320 g/mol. The number of benzene rings is 2. The summed E-state index contributed by atoms with van der Waals surface area (Å²) in [5.74, 6) is -0.846. The molecule has 4 heteroatoms. The molecule has 24 heavy (non-hydrogen) atoms. The molecule has 2 N–H and O–H groups in total. The van der Waals surface area contributed by atoms with Crippen LogP contribution >= 0.6 is 0 Å². The predicted octanol–water partition coefficient (Wildman–Crippen LogP) is 4.14. The summed E-state index contributed by atoms with van der Waals surface area (Å²) in [6.07, 6.45) is 3.45. The fraction of sp³-hybridized carbons (Fsp3) is 0.100. The van der Waals surface area contributed by atoms with Crippen LogP contribution in [0.4, 0.5) is 4.39 Å². The Bertz CT molecular complexity index is 861. The van der Waals surface area contributed by atoms with E-state index in [1.54, 1.807) is 30.6 Å². The Morgan fingerprint density at radius 2 is 1.67 bits per heavy atom. The minimum Gasteiger partial charge on any atom is -0.366 e. The van der Waals surface area contributed by atoms with Crippen molar-refractivity contribution in [3.63, 3.8) is 0 Å². The molecule has 1 aromatic heterocycles. The van der Waals surface area contributed by atoms with Gasteiger partial charge < -0.3 is 5.73 Å². The lowest BCUT2D eigenvalue weighted by Crippen LogP contribution is -2.15. The van der Waals surface area contributed by atoms with Crippen LogP contribution in [0.5, 0.6) is 0 Å². The molecule has 3 rings (SSSR count). The molecule has 0 unspecified atom stereocenters. The van der Waals surface area contributed by atoms with Crippen molar-refractivity contribution in [2.45, 2.75) is 12.8 Å². The topological polar surface area (TPSA) is 56.0 Å². The smallest absolute Gasteiger partial charge is 0.248 e. The van der Waals surface area contributed by atoms with E-state index in [4.69, 9.17) is 5.73 Å². The molecule has 0 spiro atoms. The van der Waals surface area contributed by atoms with E-state index in [0.717, 1.165) is 22.3 Å². The molecule has 120 valence electrons. The molecular formula is C20H17FN2O. The predicted molar refractivity (Wildman–Crippen MR) is 92.1 cm³/mol. The minimum absolute atomic E-state index is 0.0881. The van der Waals surface area contributed by atoms with Crippen molar-refractivity contribution in [2.75, 3.05) is 0 Å². The van der Waals surface area contributed by atoms with E-state index in [1.807, 2.05) is 31.2 Å². The first kappa shape index (κ1) is 15.9. The van der Waals surface area contributed by atoms with Gasteiger partial charge in [0, 0.05) is 23.9 Å². The maximum absolute atomic E-state index is 13.2. The van der Waals surface area contributed by atoms with Crippen molar-refractivity contribution in [3.8, 4) is 11.1 Å². The Kier molecular flexibility index (Phi) is 4.38. The van der Waals surface area contributed by atoms with Gasteiger partial charge in [-0.15, -0.1) is 0 Å². The van der Waals surface area contributed by atoms with Gasteiger partial charge in [0.15, 0.2) is 0 Å². The molecule has 0 radical (unpaired) electrons. The zero-order valence-corrected chi connectivity index (χ0v) is 13.2. The van der Waals surface area contributed by atoms with Gasteiger partial charge in [-0.1, -0.05) is 25.1 Å². The number of rotatable bonds is 4. The number of nitrogens with two attached hydrogens (primary N) is 1. The Balaban J connectivity index is 2.09. The fourth-order valence-corrected chi connectivity index (χ4v) is 2.80. The van der Waals surface area contributed by atoms with Crippen molar-refractivity contribution in [2.24, 2.45) is 5.73 Å². The monoisotopic (exact) mass is 320 g/mol. The number of hydrogen-bond donors (Lipinski definition) is 1. The molecule has 0 saturated carbocycles. The van der Waals surface area contributed by atoms with E-state index in [0.29, 0.717) is 5.56 Å². The van der Waals surface area contributed by atoms with E-state index in [-0.39, 0.29) is 11.7 Å². The summed E-state index contributed by atoms with van der Waals surface area (Å²) in [4.78, 5) is 15.8. The van der Waals surface area contributed by atoms with Crippen LogP contribution in [0, 0.1) is 5.82 Å². The average Bonchev–Trinajstić information content (AvgIpc) is 2.62. The summed E-state index contributed by atoms with van der Waals surface area (Å²) in [6, 6.07) is 15.7. The number of hydrogen-bond acceptors (Lipinski definition) is 2. The molecule has 0 aliphatic rings. The van der Waals surface area contributed by atoms with Gasteiger partial charge in [-0.05, 0) is 58.7 Å².